The second kappa shape index (κ2) is 6.47. The molecule has 1 aromatic carbocycles. The summed E-state index contributed by atoms with van der Waals surface area (Å²) in [6.07, 6.45) is 0. The van der Waals surface area contributed by atoms with E-state index >= 15 is 0 Å². The highest BCUT2D eigenvalue weighted by Crippen LogP contribution is 2.41. The molecular weight excluding hydrogens is 330 g/mol. The number of nitrogens with one attached hydrogen (secondary N) is 1. The second-order valence-corrected chi connectivity index (χ2v) is 4.83. The lowest BCUT2D eigenvalue weighted by atomic mass is 10.1. The van der Waals surface area contributed by atoms with Crippen molar-refractivity contribution < 1.29 is 14.3 Å². The molecule has 1 amide bonds. The van der Waals surface area contributed by atoms with E-state index in [9.17, 15) is 4.79 Å². The normalized spacial score (nSPS) is 13.7. The van der Waals surface area contributed by atoms with Crippen molar-refractivity contribution in [3.8, 4) is 11.5 Å². The van der Waals surface area contributed by atoms with Crippen molar-refractivity contribution in [3.63, 3.8) is 0 Å². The van der Waals surface area contributed by atoms with Crippen LogP contribution in [0.2, 0.25) is 0 Å². The highest BCUT2D eigenvalue weighted by Gasteiger charge is 2.23. The predicted molar refractivity (Wildman–Crippen MR) is 74.2 cm³/mol. The molecule has 9 heteroatoms. The van der Waals surface area contributed by atoms with Crippen molar-refractivity contribution in [2.45, 2.75) is 6.04 Å². The first-order valence-corrected chi connectivity index (χ1v) is 6.55. The van der Waals surface area contributed by atoms with Gasteiger partial charge in [0.25, 0.3) is 0 Å². The van der Waals surface area contributed by atoms with Gasteiger partial charge < -0.3 is 20.5 Å². The Hall–Kier alpha value is -1.96. The third-order valence-electron chi connectivity index (χ3n) is 2.69. The summed E-state index contributed by atoms with van der Waals surface area (Å²) in [6, 6.07) is 2.74. The zero-order valence-electron chi connectivity index (χ0n) is 10.4. The lowest BCUT2D eigenvalue weighted by molar-refractivity contribution is -0.120. The van der Waals surface area contributed by atoms with Gasteiger partial charge in [-0.1, -0.05) is 5.11 Å². The van der Waals surface area contributed by atoms with Gasteiger partial charge in [0.2, 0.25) is 12.7 Å². The van der Waals surface area contributed by atoms with Gasteiger partial charge in [0, 0.05) is 18.0 Å². The van der Waals surface area contributed by atoms with E-state index in [0.29, 0.717) is 28.1 Å². The summed E-state index contributed by atoms with van der Waals surface area (Å²) in [7, 11) is 0. The van der Waals surface area contributed by atoms with Crippen LogP contribution in [0.25, 0.3) is 10.4 Å². The number of nitrogens with zero attached hydrogens (tertiary/aromatic N) is 3. The second-order valence-electron chi connectivity index (χ2n) is 3.98. The van der Waals surface area contributed by atoms with E-state index in [-0.39, 0.29) is 13.3 Å². The van der Waals surface area contributed by atoms with Gasteiger partial charge in [0.05, 0.1) is 4.47 Å². The van der Waals surface area contributed by atoms with Gasteiger partial charge >= 0.3 is 0 Å². The van der Waals surface area contributed by atoms with Gasteiger partial charge in [-0.2, -0.15) is 0 Å². The molecule has 0 fully saturated rings. The Balaban J connectivity index is 2.19. The molecule has 0 spiro atoms. The first-order chi connectivity index (χ1) is 9.63. The largest absolute Gasteiger partial charge is 0.454 e. The summed E-state index contributed by atoms with van der Waals surface area (Å²) in [5.74, 6) is 0.625. The molecule has 0 bridgehead atoms. The van der Waals surface area contributed by atoms with E-state index in [1.807, 2.05) is 0 Å². The minimum absolute atomic E-state index is 0.142. The highest BCUT2D eigenvalue weighted by atomic mass is 79.9. The molecule has 1 atom stereocenters. The Morgan fingerprint density at radius 2 is 2.40 bits per heavy atom. The van der Waals surface area contributed by atoms with Crippen LogP contribution in [0.15, 0.2) is 21.7 Å². The number of azide groups is 1. The average Bonchev–Trinajstić information content (AvgIpc) is 2.87. The number of benzene rings is 1. The fourth-order valence-corrected chi connectivity index (χ4v) is 2.41. The third-order valence-corrected chi connectivity index (χ3v) is 3.28. The SMILES string of the molecule is [N-]=[N+]=NCCNC(C(N)=O)c1cc(Br)c2c(c1)OCO2. The molecule has 0 aromatic heterocycles. The number of hydrogen-bond acceptors (Lipinski definition) is 5. The molecule has 1 unspecified atom stereocenters. The van der Waals surface area contributed by atoms with Crippen LogP contribution in [-0.2, 0) is 4.79 Å². The van der Waals surface area contributed by atoms with E-state index in [0.717, 1.165) is 0 Å². The number of ether oxygens (including phenoxy) is 2. The first kappa shape index (κ1) is 14.4. The molecule has 8 nitrogen and oxygen atoms in total. The number of rotatable bonds is 6. The molecule has 3 N–H and O–H groups in total. The van der Waals surface area contributed by atoms with Gasteiger partial charge in [0.1, 0.15) is 6.04 Å². The number of fused-ring (bicyclic) bond motifs is 1. The minimum atomic E-state index is -0.699. The van der Waals surface area contributed by atoms with Gasteiger partial charge in [-0.15, -0.1) is 0 Å². The molecule has 1 heterocycles. The smallest absolute Gasteiger partial charge is 0.239 e. The molecule has 1 aliphatic rings. The Bertz CT molecular complexity index is 573. The van der Waals surface area contributed by atoms with Crippen molar-refractivity contribution in [2.24, 2.45) is 10.8 Å². The standard InChI is InChI=1S/C11H12BrN5O3/c12-7-3-6(4-8-10(7)20-5-19-8)9(11(13)18)15-1-2-16-17-14/h3-4,9,15H,1-2,5H2,(H2,13,18). The van der Waals surface area contributed by atoms with Crippen molar-refractivity contribution >= 4 is 21.8 Å². The molecule has 20 heavy (non-hydrogen) atoms. The number of halogens is 1. The fourth-order valence-electron chi connectivity index (χ4n) is 1.84. The van der Waals surface area contributed by atoms with E-state index in [2.05, 4.69) is 31.3 Å². The summed E-state index contributed by atoms with van der Waals surface area (Å²) in [5, 5.41) is 6.32. The maximum atomic E-state index is 11.5. The summed E-state index contributed by atoms with van der Waals surface area (Å²) >= 11 is 3.36. The molecule has 0 radical (unpaired) electrons. The highest BCUT2D eigenvalue weighted by molar-refractivity contribution is 9.10. The summed E-state index contributed by atoms with van der Waals surface area (Å²) in [5.41, 5.74) is 14.2. The van der Waals surface area contributed by atoms with Crippen molar-refractivity contribution in [1.82, 2.24) is 5.32 Å². The topological polar surface area (TPSA) is 122 Å². The molecule has 0 saturated heterocycles. The fraction of sp³-hybridized carbons (Fsp3) is 0.364. The number of carbonyl (C=O) groups excluding carboxylic acids is 1. The van der Waals surface area contributed by atoms with Crippen LogP contribution in [0.4, 0.5) is 0 Å². The average molecular weight is 342 g/mol. The Morgan fingerprint density at radius 1 is 1.60 bits per heavy atom. The molecule has 0 saturated carbocycles. The molecular formula is C11H12BrN5O3. The minimum Gasteiger partial charge on any atom is -0.454 e. The molecule has 1 aliphatic heterocycles. The molecule has 1 aromatic rings. The Morgan fingerprint density at radius 3 is 3.10 bits per heavy atom. The van der Waals surface area contributed by atoms with Crippen LogP contribution in [0.1, 0.15) is 11.6 Å². The zero-order chi connectivity index (χ0) is 14.5. The molecule has 0 aliphatic carbocycles. The van der Waals surface area contributed by atoms with Crippen molar-refractivity contribution in [3.05, 3.63) is 32.6 Å². The maximum Gasteiger partial charge on any atom is 0.239 e. The van der Waals surface area contributed by atoms with Crippen LogP contribution in [0.5, 0.6) is 11.5 Å². The van der Waals surface area contributed by atoms with Crippen LogP contribution in [-0.4, -0.2) is 25.8 Å². The van der Waals surface area contributed by atoms with E-state index in [1.54, 1.807) is 12.1 Å². The summed E-state index contributed by atoms with van der Waals surface area (Å²) < 4.78 is 11.3. The van der Waals surface area contributed by atoms with Gasteiger partial charge in [-0.25, -0.2) is 0 Å². The number of primary amides is 1. The van der Waals surface area contributed by atoms with Crippen molar-refractivity contribution in [2.75, 3.05) is 19.9 Å². The monoisotopic (exact) mass is 341 g/mol. The lowest BCUT2D eigenvalue weighted by Gasteiger charge is -2.16. The van der Waals surface area contributed by atoms with E-state index < -0.39 is 11.9 Å². The van der Waals surface area contributed by atoms with Gasteiger partial charge in [-0.05, 0) is 39.2 Å². The zero-order valence-corrected chi connectivity index (χ0v) is 12.0. The molecule has 106 valence electrons. The van der Waals surface area contributed by atoms with Crippen LogP contribution < -0.4 is 20.5 Å². The number of carbonyl (C=O) groups is 1. The third kappa shape index (κ3) is 3.13. The van der Waals surface area contributed by atoms with Gasteiger partial charge in [0.15, 0.2) is 11.5 Å². The number of hydrogen-bond donors (Lipinski definition) is 2. The number of nitrogens with two attached hydrogens (primary N) is 1. The Labute approximate surface area is 123 Å². The van der Waals surface area contributed by atoms with Crippen LogP contribution in [0.3, 0.4) is 0 Å². The van der Waals surface area contributed by atoms with Gasteiger partial charge in [-0.3, -0.25) is 4.79 Å². The first-order valence-electron chi connectivity index (χ1n) is 5.76. The lowest BCUT2D eigenvalue weighted by Crippen LogP contribution is -2.35. The molecule has 2 rings (SSSR count). The van der Waals surface area contributed by atoms with E-state index in [4.69, 9.17) is 20.7 Å². The predicted octanol–water partition coefficient (Wildman–Crippen LogP) is 1.60. The van der Waals surface area contributed by atoms with Crippen molar-refractivity contribution in [1.29, 1.82) is 0 Å². The maximum absolute atomic E-state index is 11.5. The quantitative estimate of drug-likeness (QED) is 0.353. The van der Waals surface area contributed by atoms with Crippen LogP contribution in [0, 0.1) is 0 Å². The number of amides is 1. The Kier molecular flexibility index (Phi) is 4.67. The van der Waals surface area contributed by atoms with E-state index in [1.165, 1.54) is 0 Å². The summed E-state index contributed by atoms with van der Waals surface area (Å²) in [6.45, 7) is 0.707. The van der Waals surface area contributed by atoms with Crippen LogP contribution >= 0.6 is 15.9 Å². The summed E-state index contributed by atoms with van der Waals surface area (Å²) in [4.78, 5) is 14.2.